The lowest BCUT2D eigenvalue weighted by Crippen LogP contribution is -2.35. The summed E-state index contributed by atoms with van der Waals surface area (Å²) in [4.78, 5) is 2.61. The maximum absolute atomic E-state index is 5.80. The van der Waals surface area contributed by atoms with Crippen LogP contribution < -0.4 is 0 Å². The van der Waals surface area contributed by atoms with E-state index in [1.807, 2.05) is 0 Å². The van der Waals surface area contributed by atoms with Crippen LogP contribution in [0.3, 0.4) is 0 Å². The van der Waals surface area contributed by atoms with Gasteiger partial charge in [-0.3, -0.25) is 4.90 Å². The van der Waals surface area contributed by atoms with Gasteiger partial charge in [-0.2, -0.15) is 0 Å². The molecule has 1 atom stereocenters. The molecule has 0 spiro atoms. The van der Waals surface area contributed by atoms with Gasteiger partial charge in [0.25, 0.3) is 0 Å². The first kappa shape index (κ1) is 18.5. The first-order chi connectivity index (χ1) is 11.1. The molecule has 0 radical (unpaired) electrons. The molecule has 0 bridgehead atoms. The van der Waals surface area contributed by atoms with Gasteiger partial charge in [0.05, 0.1) is 0 Å². The molecule has 0 saturated carbocycles. The summed E-state index contributed by atoms with van der Waals surface area (Å²) >= 11 is 0. The third-order valence-corrected chi connectivity index (χ3v) is 5.24. The molecule has 0 aliphatic carbocycles. The number of piperidine rings is 1. The Hall–Kier alpha value is -0.860. The molecule has 1 aliphatic heterocycles. The van der Waals surface area contributed by atoms with Crippen LogP contribution in [0.25, 0.3) is 0 Å². The molecule has 1 aromatic rings. The van der Waals surface area contributed by atoms with Crippen molar-refractivity contribution in [3.05, 3.63) is 35.9 Å². The van der Waals surface area contributed by atoms with Gasteiger partial charge < -0.3 is 4.74 Å². The minimum atomic E-state index is 0.751. The fourth-order valence-electron chi connectivity index (χ4n) is 3.45. The van der Waals surface area contributed by atoms with E-state index in [1.54, 1.807) is 0 Å². The predicted molar refractivity (Wildman–Crippen MR) is 98.5 cm³/mol. The Morgan fingerprint density at radius 3 is 2.30 bits per heavy atom. The molecule has 130 valence electrons. The van der Waals surface area contributed by atoms with Crippen molar-refractivity contribution in [2.75, 3.05) is 26.3 Å². The quantitative estimate of drug-likeness (QED) is 0.595. The van der Waals surface area contributed by atoms with Crippen LogP contribution in [0, 0.1) is 17.8 Å². The van der Waals surface area contributed by atoms with Crippen LogP contribution >= 0.6 is 0 Å². The Bertz CT molecular complexity index is 409. The van der Waals surface area contributed by atoms with E-state index in [9.17, 15) is 0 Å². The van der Waals surface area contributed by atoms with Crippen LogP contribution in [0.1, 0.15) is 52.0 Å². The molecule has 2 rings (SSSR count). The Morgan fingerprint density at radius 1 is 1.00 bits per heavy atom. The van der Waals surface area contributed by atoms with E-state index >= 15 is 0 Å². The van der Waals surface area contributed by atoms with Crippen molar-refractivity contribution < 1.29 is 4.74 Å². The fraction of sp³-hybridized carbons (Fsp3) is 0.714. The van der Waals surface area contributed by atoms with Gasteiger partial charge in [0, 0.05) is 19.8 Å². The zero-order chi connectivity index (χ0) is 16.5. The Balaban J connectivity index is 1.60. The Kier molecular flexibility index (Phi) is 8.11. The van der Waals surface area contributed by atoms with E-state index in [1.165, 1.54) is 44.3 Å². The maximum atomic E-state index is 5.80. The molecule has 0 amide bonds. The lowest BCUT2D eigenvalue weighted by molar-refractivity contribution is 0.0889. The number of benzene rings is 1. The van der Waals surface area contributed by atoms with Crippen LogP contribution in [-0.2, 0) is 11.3 Å². The van der Waals surface area contributed by atoms with Crippen LogP contribution in [-0.4, -0.2) is 31.2 Å². The molecule has 2 nitrogen and oxygen atoms in total. The summed E-state index contributed by atoms with van der Waals surface area (Å²) in [7, 11) is 0. The standard InChI is InChI=1S/C21H35NO/c1-18(2)11-15-23-16-12-19(3)21-9-13-22(14-10-21)17-20-7-5-4-6-8-20/h4-8,18-19,21H,9-17H2,1-3H3. The molecule has 1 heterocycles. The largest absolute Gasteiger partial charge is 0.381 e. The summed E-state index contributed by atoms with van der Waals surface area (Å²) in [5.74, 6) is 2.44. The van der Waals surface area contributed by atoms with E-state index in [0.717, 1.165) is 37.5 Å². The highest BCUT2D eigenvalue weighted by molar-refractivity contribution is 5.14. The lowest BCUT2D eigenvalue weighted by atomic mass is 9.83. The molecular weight excluding hydrogens is 282 g/mol. The molecule has 1 saturated heterocycles. The normalized spacial score (nSPS) is 18.4. The lowest BCUT2D eigenvalue weighted by Gasteiger charge is -2.35. The summed E-state index contributed by atoms with van der Waals surface area (Å²) in [5, 5.41) is 0. The fourth-order valence-corrected chi connectivity index (χ4v) is 3.45. The van der Waals surface area contributed by atoms with Crippen molar-refractivity contribution in [2.45, 2.75) is 53.0 Å². The minimum Gasteiger partial charge on any atom is -0.381 e. The van der Waals surface area contributed by atoms with Gasteiger partial charge in [-0.25, -0.2) is 0 Å². The second-order valence-corrected chi connectivity index (χ2v) is 7.66. The first-order valence-corrected chi connectivity index (χ1v) is 9.49. The van der Waals surface area contributed by atoms with Crippen molar-refractivity contribution >= 4 is 0 Å². The topological polar surface area (TPSA) is 12.5 Å². The van der Waals surface area contributed by atoms with Gasteiger partial charge in [0.2, 0.25) is 0 Å². The number of nitrogens with zero attached hydrogens (tertiary/aromatic N) is 1. The number of likely N-dealkylation sites (tertiary alicyclic amines) is 1. The molecule has 23 heavy (non-hydrogen) atoms. The Labute approximate surface area is 143 Å². The summed E-state index contributed by atoms with van der Waals surface area (Å²) in [5.41, 5.74) is 1.44. The highest BCUT2D eigenvalue weighted by atomic mass is 16.5. The second-order valence-electron chi connectivity index (χ2n) is 7.66. The number of rotatable bonds is 9. The molecular formula is C21H35NO. The second kappa shape index (κ2) is 10.1. The molecule has 1 unspecified atom stereocenters. The summed E-state index contributed by atoms with van der Waals surface area (Å²) < 4.78 is 5.80. The van der Waals surface area contributed by atoms with Crippen LogP contribution in [0.5, 0.6) is 0 Å². The number of ether oxygens (including phenoxy) is 1. The molecule has 0 aromatic heterocycles. The van der Waals surface area contributed by atoms with Crippen LogP contribution in [0.2, 0.25) is 0 Å². The van der Waals surface area contributed by atoms with Crippen LogP contribution in [0.4, 0.5) is 0 Å². The van der Waals surface area contributed by atoms with E-state index in [-0.39, 0.29) is 0 Å². The first-order valence-electron chi connectivity index (χ1n) is 9.49. The van der Waals surface area contributed by atoms with Gasteiger partial charge in [-0.1, -0.05) is 51.1 Å². The van der Waals surface area contributed by atoms with E-state index in [2.05, 4.69) is 56.0 Å². The van der Waals surface area contributed by atoms with E-state index in [4.69, 9.17) is 4.74 Å². The smallest absolute Gasteiger partial charge is 0.0468 e. The van der Waals surface area contributed by atoms with Gasteiger partial charge >= 0.3 is 0 Å². The van der Waals surface area contributed by atoms with Crippen molar-refractivity contribution in [1.82, 2.24) is 4.90 Å². The molecule has 1 fully saturated rings. The van der Waals surface area contributed by atoms with Gasteiger partial charge in [0.1, 0.15) is 0 Å². The van der Waals surface area contributed by atoms with Crippen LogP contribution in [0.15, 0.2) is 30.3 Å². The molecule has 0 N–H and O–H groups in total. The third kappa shape index (κ3) is 7.05. The van der Waals surface area contributed by atoms with Crippen molar-refractivity contribution in [3.63, 3.8) is 0 Å². The average Bonchev–Trinajstić information content (AvgIpc) is 2.56. The molecule has 1 aromatic carbocycles. The van der Waals surface area contributed by atoms with Crippen molar-refractivity contribution in [1.29, 1.82) is 0 Å². The maximum Gasteiger partial charge on any atom is 0.0468 e. The number of hydrogen-bond donors (Lipinski definition) is 0. The van der Waals surface area contributed by atoms with Crippen molar-refractivity contribution in [3.8, 4) is 0 Å². The monoisotopic (exact) mass is 317 g/mol. The number of hydrogen-bond acceptors (Lipinski definition) is 2. The SMILES string of the molecule is CC(C)CCOCCC(C)C1CCN(Cc2ccccc2)CC1. The highest BCUT2D eigenvalue weighted by Crippen LogP contribution is 2.27. The summed E-state index contributed by atoms with van der Waals surface area (Å²) in [6.07, 6.45) is 5.10. The van der Waals surface area contributed by atoms with E-state index < -0.39 is 0 Å². The summed E-state index contributed by atoms with van der Waals surface area (Å²) in [6, 6.07) is 10.9. The van der Waals surface area contributed by atoms with Gasteiger partial charge in [-0.05, 0) is 62.1 Å². The molecule has 1 aliphatic rings. The average molecular weight is 318 g/mol. The third-order valence-electron chi connectivity index (χ3n) is 5.24. The zero-order valence-electron chi connectivity index (χ0n) is 15.3. The highest BCUT2D eigenvalue weighted by Gasteiger charge is 2.23. The van der Waals surface area contributed by atoms with Gasteiger partial charge in [0.15, 0.2) is 0 Å². The Morgan fingerprint density at radius 2 is 1.65 bits per heavy atom. The molecule has 2 heteroatoms. The minimum absolute atomic E-state index is 0.751. The van der Waals surface area contributed by atoms with E-state index in [0.29, 0.717) is 0 Å². The van der Waals surface area contributed by atoms with Gasteiger partial charge in [-0.15, -0.1) is 0 Å². The van der Waals surface area contributed by atoms with Crippen molar-refractivity contribution in [2.24, 2.45) is 17.8 Å². The predicted octanol–water partition coefficient (Wildman–Crippen LogP) is 4.99. The zero-order valence-corrected chi connectivity index (χ0v) is 15.3. The summed E-state index contributed by atoms with van der Waals surface area (Å²) in [6.45, 7) is 12.4.